The lowest BCUT2D eigenvalue weighted by atomic mass is 9.67. The summed E-state index contributed by atoms with van der Waals surface area (Å²) >= 11 is 0. The quantitative estimate of drug-likeness (QED) is 0.799. The number of phenolic OH excluding ortho intramolecular Hbond substituents is 2. The topological polar surface area (TPSA) is 49.7 Å². The number of benzene rings is 2. The van der Waals surface area contributed by atoms with Gasteiger partial charge in [0.25, 0.3) is 0 Å². The van der Waals surface area contributed by atoms with Crippen molar-refractivity contribution in [2.75, 3.05) is 0 Å². The molecule has 1 aliphatic heterocycles. The largest absolute Gasteiger partial charge is 0.508 e. The number of fused-ring (bicyclic) bond motifs is 3. The number of ether oxygens (including phenoxy) is 1. The van der Waals surface area contributed by atoms with E-state index in [0.717, 1.165) is 29.7 Å². The molecule has 23 heavy (non-hydrogen) atoms. The van der Waals surface area contributed by atoms with Crippen LogP contribution in [0, 0.1) is 11.8 Å². The van der Waals surface area contributed by atoms with Crippen molar-refractivity contribution in [2.24, 2.45) is 11.8 Å². The highest BCUT2D eigenvalue weighted by molar-refractivity contribution is 5.45. The van der Waals surface area contributed by atoms with Gasteiger partial charge in [0.15, 0.2) is 0 Å². The maximum atomic E-state index is 9.87. The van der Waals surface area contributed by atoms with Gasteiger partial charge in [-0.3, -0.25) is 0 Å². The summed E-state index contributed by atoms with van der Waals surface area (Å²) in [6.45, 7) is 2.31. The summed E-state index contributed by atoms with van der Waals surface area (Å²) in [5, 5.41) is 19.4. The molecular weight excluding hydrogens is 288 g/mol. The van der Waals surface area contributed by atoms with Crippen LogP contribution in [-0.4, -0.2) is 10.2 Å². The van der Waals surface area contributed by atoms with E-state index in [1.54, 1.807) is 18.2 Å². The molecule has 0 bridgehead atoms. The maximum absolute atomic E-state index is 9.87. The Labute approximate surface area is 136 Å². The third kappa shape index (κ3) is 2.54. The van der Waals surface area contributed by atoms with Crippen molar-refractivity contribution in [3.05, 3.63) is 53.6 Å². The van der Waals surface area contributed by atoms with Gasteiger partial charge in [-0.25, -0.2) is 0 Å². The first-order valence-corrected chi connectivity index (χ1v) is 8.40. The Morgan fingerprint density at radius 3 is 2.48 bits per heavy atom. The maximum Gasteiger partial charge on any atom is 0.127 e. The molecule has 4 atom stereocenters. The Kier molecular flexibility index (Phi) is 3.44. The molecule has 2 aromatic rings. The summed E-state index contributed by atoms with van der Waals surface area (Å²) in [5.41, 5.74) is 2.27. The Balaban J connectivity index is 1.77. The highest BCUT2D eigenvalue weighted by Gasteiger charge is 2.42. The zero-order chi connectivity index (χ0) is 16.0. The van der Waals surface area contributed by atoms with Gasteiger partial charge in [-0.2, -0.15) is 0 Å². The summed E-state index contributed by atoms with van der Waals surface area (Å²) in [6, 6.07) is 12.8. The molecule has 1 heterocycles. The normalized spacial score (nSPS) is 29.3. The van der Waals surface area contributed by atoms with Crippen molar-refractivity contribution < 1.29 is 14.9 Å². The molecule has 0 spiro atoms. The number of aromatic hydroxyl groups is 2. The van der Waals surface area contributed by atoms with E-state index in [4.69, 9.17) is 4.74 Å². The molecule has 0 amide bonds. The lowest BCUT2D eigenvalue weighted by Crippen LogP contribution is -2.34. The first-order valence-electron chi connectivity index (χ1n) is 8.40. The van der Waals surface area contributed by atoms with Gasteiger partial charge in [0.2, 0.25) is 0 Å². The van der Waals surface area contributed by atoms with Crippen LogP contribution in [-0.2, 0) is 0 Å². The second-order valence-electron chi connectivity index (χ2n) is 7.04. The van der Waals surface area contributed by atoms with E-state index in [2.05, 4.69) is 6.92 Å². The van der Waals surface area contributed by atoms with E-state index in [1.807, 2.05) is 24.3 Å². The highest BCUT2D eigenvalue weighted by atomic mass is 16.5. The van der Waals surface area contributed by atoms with Crippen LogP contribution in [0.1, 0.15) is 49.3 Å². The van der Waals surface area contributed by atoms with Crippen LogP contribution in [0.25, 0.3) is 0 Å². The molecule has 2 aromatic carbocycles. The summed E-state index contributed by atoms with van der Waals surface area (Å²) in [4.78, 5) is 0. The van der Waals surface area contributed by atoms with Crippen molar-refractivity contribution in [2.45, 2.75) is 38.2 Å². The fourth-order valence-electron chi connectivity index (χ4n) is 4.26. The zero-order valence-corrected chi connectivity index (χ0v) is 13.3. The van der Waals surface area contributed by atoms with Gasteiger partial charge in [-0.15, -0.1) is 0 Å². The molecule has 0 aromatic heterocycles. The molecule has 3 nitrogen and oxygen atoms in total. The fourth-order valence-corrected chi connectivity index (χ4v) is 4.26. The average Bonchev–Trinajstić information content (AvgIpc) is 2.55. The Morgan fingerprint density at radius 2 is 1.70 bits per heavy atom. The Bertz CT molecular complexity index is 707. The predicted molar refractivity (Wildman–Crippen MR) is 88.8 cm³/mol. The number of hydrogen-bond donors (Lipinski definition) is 2. The highest BCUT2D eigenvalue weighted by Crippen LogP contribution is 2.54. The number of phenols is 2. The van der Waals surface area contributed by atoms with Crippen LogP contribution in [0.3, 0.4) is 0 Å². The zero-order valence-electron chi connectivity index (χ0n) is 13.3. The molecule has 1 aliphatic carbocycles. The lowest BCUT2D eigenvalue weighted by molar-refractivity contribution is 0.0561. The predicted octanol–water partition coefficient (Wildman–Crippen LogP) is 4.75. The van der Waals surface area contributed by atoms with Gasteiger partial charge in [0.05, 0.1) is 0 Å². The minimum Gasteiger partial charge on any atom is -0.508 e. The first-order chi connectivity index (χ1) is 11.1. The molecule has 1 fully saturated rings. The minimum atomic E-state index is 0.0187. The van der Waals surface area contributed by atoms with Gasteiger partial charge in [0.1, 0.15) is 23.4 Å². The van der Waals surface area contributed by atoms with E-state index in [1.165, 1.54) is 6.42 Å². The van der Waals surface area contributed by atoms with Crippen molar-refractivity contribution in [3.8, 4) is 17.2 Å². The van der Waals surface area contributed by atoms with Crippen LogP contribution in [0.4, 0.5) is 0 Å². The molecule has 2 N–H and O–H groups in total. The van der Waals surface area contributed by atoms with E-state index >= 15 is 0 Å². The standard InChI is InChI=1S/C20H22O3/c1-12-2-8-16-17(10-12)18-11-15(22)7-9-19(18)23-20(16)13-3-5-14(21)6-4-13/h3-7,9,11-12,16-17,20-22H,2,8,10H2,1H3/t12-,16+,17-,20+/m0/s1. The van der Waals surface area contributed by atoms with Crippen LogP contribution in [0.5, 0.6) is 17.2 Å². The minimum absolute atomic E-state index is 0.0187. The van der Waals surface area contributed by atoms with Crippen molar-refractivity contribution in [3.63, 3.8) is 0 Å². The SMILES string of the molecule is C[C@H]1CC[C@@H]2[C@H](C1)c1cc(O)ccc1O[C@@H]2c1ccc(O)cc1. The van der Waals surface area contributed by atoms with Gasteiger partial charge in [-0.1, -0.05) is 25.5 Å². The molecule has 0 unspecified atom stereocenters. The van der Waals surface area contributed by atoms with Gasteiger partial charge in [0, 0.05) is 11.5 Å². The Hall–Kier alpha value is -2.16. The molecule has 3 heteroatoms. The van der Waals surface area contributed by atoms with Gasteiger partial charge < -0.3 is 14.9 Å². The van der Waals surface area contributed by atoms with Gasteiger partial charge in [-0.05, 0) is 60.6 Å². The van der Waals surface area contributed by atoms with E-state index in [-0.39, 0.29) is 11.9 Å². The molecule has 0 saturated heterocycles. The molecule has 4 rings (SSSR count). The third-order valence-corrected chi connectivity index (χ3v) is 5.42. The van der Waals surface area contributed by atoms with Crippen LogP contribution in [0.15, 0.2) is 42.5 Å². The van der Waals surface area contributed by atoms with E-state index in [9.17, 15) is 10.2 Å². The van der Waals surface area contributed by atoms with E-state index < -0.39 is 0 Å². The van der Waals surface area contributed by atoms with Crippen LogP contribution in [0.2, 0.25) is 0 Å². The molecule has 0 radical (unpaired) electrons. The summed E-state index contributed by atoms with van der Waals surface area (Å²) in [5.74, 6) is 3.02. The Morgan fingerprint density at radius 1 is 0.957 bits per heavy atom. The number of rotatable bonds is 1. The van der Waals surface area contributed by atoms with Crippen LogP contribution >= 0.6 is 0 Å². The molecule has 1 saturated carbocycles. The lowest BCUT2D eigenvalue weighted by Gasteiger charge is -2.44. The fraction of sp³-hybridized carbons (Fsp3) is 0.400. The first kappa shape index (κ1) is 14.4. The third-order valence-electron chi connectivity index (χ3n) is 5.42. The van der Waals surface area contributed by atoms with Crippen molar-refractivity contribution in [1.29, 1.82) is 0 Å². The average molecular weight is 310 g/mol. The summed E-state index contributed by atoms with van der Waals surface area (Å²) in [7, 11) is 0. The second kappa shape index (κ2) is 5.48. The molecular formula is C20H22O3. The second-order valence-corrected chi connectivity index (χ2v) is 7.04. The summed E-state index contributed by atoms with van der Waals surface area (Å²) < 4.78 is 6.32. The molecule has 120 valence electrons. The monoisotopic (exact) mass is 310 g/mol. The van der Waals surface area contributed by atoms with Crippen LogP contribution < -0.4 is 4.74 Å². The summed E-state index contributed by atoms with van der Waals surface area (Å²) in [6.07, 6.45) is 3.50. The van der Waals surface area contributed by atoms with E-state index in [0.29, 0.717) is 23.5 Å². The van der Waals surface area contributed by atoms with Crippen molar-refractivity contribution in [1.82, 2.24) is 0 Å². The van der Waals surface area contributed by atoms with Gasteiger partial charge >= 0.3 is 0 Å². The number of hydrogen-bond acceptors (Lipinski definition) is 3. The van der Waals surface area contributed by atoms with Crippen molar-refractivity contribution >= 4 is 0 Å². The molecule has 2 aliphatic rings. The smallest absolute Gasteiger partial charge is 0.127 e.